The van der Waals surface area contributed by atoms with E-state index in [1.54, 1.807) is 0 Å². The number of hydrogen-bond donors (Lipinski definition) is 0. The highest BCUT2D eigenvalue weighted by atomic mass is 32.2. The highest BCUT2D eigenvalue weighted by Crippen LogP contribution is 2.37. The third-order valence-electron chi connectivity index (χ3n) is 9.45. The van der Waals surface area contributed by atoms with Crippen molar-refractivity contribution in [2.24, 2.45) is 11.8 Å². The zero-order chi connectivity index (χ0) is 30.7. The predicted octanol–water partition coefficient (Wildman–Crippen LogP) is 3.09. The monoisotopic (exact) mass is 632 g/mol. The third kappa shape index (κ3) is 8.71. The van der Waals surface area contributed by atoms with Crippen LogP contribution in [0.5, 0.6) is 0 Å². The maximum Gasteiger partial charge on any atom is 0.223 e. The van der Waals surface area contributed by atoms with Gasteiger partial charge in [-0.3, -0.25) is 4.79 Å². The lowest BCUT2D eigenvalue weighted by atomic mass is 9.78. The fraction of sp³-hybridized carbons (Fsp3) is 0.759. The molecule has 9 nitrogen and oxygen atoms in total. The van der Waals surface area contributed by atoms with Gasteiger partial charge in [-0.1, -0.05) is 0 Å². The van der Waals surface area contributed by atoms with Crippen molar-refractivity contribution in [3.05, 3.63) is 35.4 Å². The Morgan fingerprint density at radius 2 is 1.45 bits per heavy atom. The van der Waals surface area contributed by atoms with E-state index in [9.17, 15) is 30.4 Å². The highest BCUT2D eigenvalue weighted by Gasteiger charge is 2.34. The van der Waals surface area contributed by atoms with Gasteiger partial charge in [0.2, 0.25) is 26.0 Å². The van der Waals surface area contributed by atoms with E-state index in [-0.39, 0.29) is 29.7 Å². The summed E-state index contributed by atoms with van der Waals surface area (Å²) in [5, 5.41) is 0. The van der Waals surface area contributed by atoms with Crippen LogP contribution in [0.1, 0.15) is 63.4 Å². The maximum absolute atomic E-state index is 14.2. The van der Waals surface area contributed by atoms with Crippen molar-refractivity contribution in [2.45, 2.75) is 63.8 Å². The van der Waals surface area contributed by atoms with E-state index < -0.39 is 31.7 Å². The standard InChI is InChI=1S/C29H46F2N4O5S2/c1-4-35(29(36)17-22-5-14-34(21-22)42(3,39)40)27-8-11-32(12-9-27)13-10-28(24-18-25(30)20-26(31)19-24)23-6-15-33(16-7-23)41(2,37)38/h18-20,22-23,27-28H,4-17,21H2,1-3H3/t22?,28-/m1/s1. The van der Waals surface area contributed by atoms with Crippen molar-refractivity contribution >= 4 is 26.0 Å². The van der Waals surface area contributed by atoms with Crippen molar-refractivity contribution in [3.63, 3.8) is 0 Å². The molecule has 1 aromatic rings. The minimum Gasteiger partial charge on any atom is -0.340 e. The van der Waals surface area contributed by atoms with Gasteiger partial charge in [-0.25, -0.2) is 34.2 Å². The van der Waals surface area contributed by atoms with Gasteiger partial charge in [0.25, 0.3) is 0 Å². The molecule has 4 rings (SSSR count). The van der Waals surface area contributed by atoms with Gasteiger partial charge in [-0.2, -0.15) is 0 Å². The van der Waals surface area contributed by atoms with Gasteiger partial charge in [0, 0.05) is 64.3 Å². The molecule has 13 heteroatoms. The molecule has 0 saturated carbocycles. The molecule has 3 aliphatic rings. The number of carbonyl (C=O) groups excluding carboxylic acids is 1. The number of halogens is 2. The van der Waals surface area contributed by atoms with Gasteiger partial charge in [-0.05, 0) is 87.4 Å². The van der Waals surface area contributed by atoms with Gasteiger partial charge in [0.05, 0.1) is 12.5 Å². The SMILES string of the molecule is CCN(C(=O)CC1CCN(S(C)(=O)=O)C1)C1CCN(CC[C@@H](c2cc(F)cc(F)c2)C2CCN(S(C)(=O)=O)CC2)CC1. The number of nitrogens with zero attached hydrogens (tertiary/aromatic N) is 4. The number of sulfonamides is 2. The van der Waals surface area contributed by atoms with Gasteiger partial charge < -0.3 is 9.80 Å². The lowest BCUT2D eigenvalue weighted by Crippen LogP contribution is -2.48. The topological polar surface area (TPSA) is 98.3 Å². The zero-order valence-corrected chi connectivity index (χ0v) is 26.7. The van der Waals surface area contributed by atoms with E-state index in [1.165, 1.54) is 33.3 Å². The Balaban J connectivity index is 1.32. The Bertz CT molecular complexity index is 1280. The molecular formula is C29H46F2N4O5S2. The first kappa shape index (κ1) is 33.2. The number of carbonyl (C=O) groups is 1. The fourth-order valence-electron chi connectivity index (χ4n) is 7.12. The van der Waals surface area contributed by atoms with Crippen LogP contribution in [-0.2, 0) is 24.8 Å². The molecule has 2 atom stereocenters. The molecule has 3 heterocycles. The number of rotatable bonds is 11. The lowest BCUT2D eigenvalue weighted by molar-refractivity contribution is -0.135. The van der Waals surface area contributed by atoms with Crippen LogP contribution in [0.4, 0.5) is 8.78 Å². The minimum atomic E-state index is -3.27. The molecule has 238 valence electrons. The van der Waals surface area contributed by atoms with E-state index in [0.717, 1.165) is 38.5 Å². The lowest BCUT2D eigenvalue weighted by Gasteiger charge is -2.40. The second-order valence-corrected chi connectivity index (χ2v) is 16.3. The second-order valence-electron chi connectivity index (χ2n) is 12.3. The van der Waals surface area contributed by atoms with Gasteiger partial charge >= 0.3 is 0 Å². The Hall–Kier alpha value is -1.67. The first-order valence-corrected chi connectivity index (χ1v) is 18.8. The molecule has 3 fully saturated rings. The van der Waals surface area contributed by atoms with Crippen LogP contribution in [0, 0.1) is 23.5 Å². The average Bonchev–Trinajstić information content (AvgIpc) is 3.38. The van der Waals surface area contributed by atoms with Crippen molar-refractivity contribution in [2.75, 3.05) is 64.9 Å². The summed E-state index contributed by atoms with van der Waals surface area (Å²) >= 11 is 0. The van der Waals surface area contributed by atoms with Crippen molar-refractivity contribution in [1.82, 2.24) is 18.4 Å². The van der Waals surface area contributed by atoms with Crippen LogP contribution >= 0.6 is 0 Å². The zero-order valence-electron chi connectivity index (χ0n) is 25.1. The second kappa shape index (κ2) is 14.0. The molecule has 0 aromatic heterocycles. The molecule has 1 unspecified atom stereocenters. The molecule has 3 saturated heterocycles. The average molecular weight is 633 g/mol. The molecule has 0 bridgehead atoms. The Labute approximate surface area is 250 Å². The molecule has 1 amide bonds. The Morgan fingerprint density at radius 3 is 1.98 bits per heavy atom. The molecule has 3 aliphatic heterocycles. The van der Waals surface area contributed by atoms with Crippen LogP contribution in [0.3, 0.4) is 0 Å². The van der Waals surface area contributed by atoms with Crippen LogP contribution in [0.15, 0.2) is 18.2 Å². The quantitative estimate of drug-likeness (QED) is 0.372. The first-order chi connectivity index (χ1) is 19.7. The van der Waals surface area contributed by atoms with Crippen molar-refractivity contribution < 1.29 is 30.4 Å². The van der Waals surface area contributed by atoms with E-state index in [2.05, 4.69) is 4.90 Å². The molecule has 0 radical (unpaired) electrons. The van der Waals surface area contributed by atoms with E-state index in [4.69, 9.17) is 0 Å². The number of piperidine rings is 2. The molecule has 1 aromatic carbocycles. The van der Waals surface area contributed by atoms with Gasteiger partial charge in [0.1, 0.15) is 11.6 Å². The summed E-state index contributed by atoms with van der Waals surface area (Å²) in [5.74, 6) is -1.02. The van der Waals surface area contributed by atoms with Crippen LogP contribution < -0.4 is 0 Å². The maximum atomic E-state index is 14.2. The fourth-order valence-corrected chi connectivity index (χ4v) is 8.91. The third-order valence-corrected chi connectivity index (χ3v) is 12.0. The van der Waals surface area contributed by atoms with E-state index in [1.807, 2.05) is 11.8 Å². The van der Waals surface area contributed by atoms with Crippen molar-refractivity contribution in [1.29, 1.82) is 0 Å². The summed E-state index contributed by atoms with van der Waals surface area (Å²) < 4.78 is 79.0. The Kier molecular flexibility index (Phi) is 11.0. The minimum absolute atomic E-state index is 0.0512. The van der Waals surface area contributed by atoms with Crippen molar-refractivity contribution in [3.8, 4) is 0 Å². The first-order valence-electron chi connectivity index (χ1n) is 15.1. The summed E-state index contributed by atoms with van der Waals surface area (Å²) in [4.78, 5) is 17.5. The number of amides is 1. The number of benzene rings is 1. The molecule has 0 spiro atoms. The van der Waals surface area contributed by atoms with Gasteiger partial charge in [-0.15, -0.1) is 0 Å². The number of hydrogen-bond acceptors (Lipinski definition) is 6. The summed E-state index contributed by atoms with van der Waals surface area (Å²) in [6, 6.07) is 3.84. The number of likely N-dealkylation sites (tertiary alicyclic amines) is 1. The largest absolute Gasteiger partial charge is 0.340 e. The van der Waals surface area contributed by atoms with Crippen LogP contribution in [-0.4, -0.2) is 112 Å². The normalized spacial score (nSPS) is 23.3. The predicted molar refractivity (Wildman–Crippen MR) is 159 cm³/mol. The highest BCUT2D eigenvalue weighted by molar-refractivity contribution is 7.88. The van der Waals surface area contributed by atoms with Crippen LogP contribution in [0.2, 0.25) is 0 Å². The molecule has 0 aliphatic carbocycles. The smallest absolute Gasteiger partial charge is 0.223 e. The summed E-state index contributed by atoms with van der Waals surface area (Å²) in [7, 11) is -6.50. The van der Waals surface area contributed by atoms with E-state index in [0.29, 0.717) is 70.4 Å². The van der Waals surface area contributed by atoms with E-state index >= 15 is 0 Å². The summed E-state index contributed by atoms with van der Waals surface area (Å²) in [5.41, 5.74) is 0.629. The summed E-state index contributed by atoms with van der Waals surface area (Å²) in [6.45, 7) is 6.70. The molecule has 0 N–H and O–H groups in total. The van der Waals surface area contributed by atoms with Crippen LogP contribution in [0.25, 0.3) is 0 Å². The summed E-state index contributed by atoms with van der Waals surface area (Å²) in [6.07, 6.45) is 7.18. The van der Waals surface area contributed by atoms with Gasteiger partial charge in [0.15, 0.2) is 0 Å². The Morgan fingerprint density at radius 1 is 0.881 bits per heavy atom. The molecule has 42 heavy (non-hydrogen) atoms. The molecular weight excluding hydrogens is 586 g/mol.